The van der Waals surface area contributed by atoms with Crippen LogP contribution in [0.2, 0.25) is 0 Å². The second-order valence-corrected chi connectivity index (χ2v) is 7.73. The molecule has 2 N–H and O–H groups in total. The Bertz CT molecular complexity index is 721. The Labute approximate surface area is 150 Å². The van der Waals surface area contributed by atoms with Crippen molar-refractivity contribution in [2.45, 2.75) is 57.5 Å². The molecule has 0 aliphatic rings. The largest absolute Gasteiger partial charge is 0.479 e. The molecule has 0 saturated heterocycles. The Morgan fingerprint density at radius 2 is 1.60 bits per heavy atom. The number of hydrogen-bond acceptors (Lipinski definition) is 2. The van der Waals surface area contributed by atoms with Gasteiger partial charge in [0.1, 0.15) is 0 Å². The molecule has 3 nitrogen and oxygen atoms in total. The van der Waals surface area contributed by atoms with Crippen LogP contribution in [0.1, 0.15) is 56.2 Å². The second kappa shape index (κ2) is 7.40. The maximum absolute atomic E-state index is 11.9. The van der Waals surface area contributed by atoms with Crippen molar-refractivity contribution in [1.82, 2.24) is 0 Å². The zero-order chi connectivity index (χ0) is 18.7. The van der Waals surface area contributed by atoms with Crippen molar-refractivity contribution in [3.05, 3.63) is 71.3 Å². The summed E-state index contributed by atoms with van der Waals surface area (Å²) in [6.45, 7) is 7.95. The highest BCUT2D eigenvalue weighted by Crippen LogP contribution is 2.38. The number of carboxylic acids is 1. The number of aryl methyl sites for hydroxylation is 1. The number of aliphatic carboxylic acids is 1. The van der Waals surface area contributed by atoms with Crippen LogP contribution in [0.4, 0.5) is 0 Å². The van der Waals surface area contributed by atoms with E-state index in [0.717, 1.165) is 16.7 Å². The third-order valence-electron chi connectivity index (χ3n) is 5.05. The van der Waals surface area contributed by atoms with E-state index < -0.39 is 17.0 Å². The van der Waals surface area contributed by atoms with Crippen LogP contribution >= 0.6 is 0 Å². The van der Waals surface area contributed by atoms with E-state index in [0.29, 0.717) is 0 Å². The second-order valence-electron chi connectivity index (χ2n) is 7.73. The van der Waals surface area contributed by atoms with Gasteiger partial charge in [-0.25, -0.2) is 4.79 Å². The monoisotopic (exact) mass is 340 g/mol. The third-order valence-corrected chi connectivity index (χ3v) is 5.05. The normalized spacial score (nSPS) is 15.4. The van der Waals surface area contributed by atoms with Gasteiger partial charge < -0.3 is 10.2 Å². The first-order chi connectivity index (χ1) is 11.7. The molecule has 0 heterocycles. The molecule has 0 bridgehead atoms. The summed E-state index contributed by atoms with van der Waals surface area (Å²) in [6.07, 6.45) is 0.346. The number of carbonyl (C=O) groups is 1. The lowest BCUT2D eigenvalue weighted by Crippen LogP contribution is -2.44. The van der Waals surface area contributed by atoms with Gasteiger partial charge in [-0.2, -0.15) is 0 Å². The van der Waals surface area contributed by atoms with Crippen molar-refractivity contribution >= 4 is 5.97 Å². The van der Waals surface area contributed by atoms with Crippen molar-refractivity contribution in [3.8, 4) is 0 Å². The lowest BCUT2D eigenvalue weighted by atomic mass is 9.72. The minimum Gasteiger partial charge on any atom is -0.479 e. The number of benzene rings is 2. The van der Waals surface area contributed by atoms with Gasteiger partial charge in [-0.3, -0.25) is 0 Å². The van der Waals surface area contributed by atoms with Gasteiger partial charge in [0.25, 0.3) is 0 Å². The fourth-order valence-corrected chi connectivity index (χ4v) is 3.71. The molecule has 2 rings (SSSR count). The highest BCUT2D eigenvalue weighted by atomic mass is 16.4. The molecule has 134 valence electrons. The average Bonchev–Trinajstić information content (AvgIpc) is 2.55. The van der Waals surface area contributed by atoms with Gasteiger partial charge in [0, 0.05) is 0 Å². The third kappa shape index (κ3) is 4.49. The molecular formula is C22H28O3. The zero-order valence-electron chi connectivity index (χ0n) is 15.5. The molecule has 0 aromatic heterocycles. The lowest BCUT2D eigenvalue weighted by Gasteiger charge is -2.35. The maximum Gasteiger partial charge on any atom is 0.335 e. The number of aliphatic hydroxyl groups is 1. The molecule has 0 spiro atoms. The van der Waals surface area contributed by atoms with Crippen LogP contribution in [0, 0.1) is 6.92 Å². The van der Waals surface area contributed by atoms with Gasteiger partial charge in [0.2, 0.25) is 0 Å². The summed E-state index contributed by atoms with van der Waals surface area (Å²) in [6, 6.07) is 17.7. The topological polar surface area (TPSA) is 57.5 Å². The van der Waals surface area contributed by atoms with E-state index in [-0.39, 0.29) is 18.8 Å². The summed E-state index contributed by atoms with van der Waals surface area (Å²) >= 11 is 0. The van der Waals surface area contributed by atoms with E-state index in [4.69, 9.17) is 0 Å². The van der Waals surface area contributed by atoms with Gasteiger partial charge in [0.15, 0.2) is 5.60 Å². The van der Waals surface area contributed by atoms with Crippen LogP contribution in [0.25, 0.3) is 0 Å². The predicted octanol–water partition coefficient (Wildman–Crippen LogP) is 4.67. The van der Waals surface area contributed by atoms with Gasteiger partial charge >= 0.3 is 5.97 Å². The standard InChI is InChI=1S/C22H28O3/c1-16-10-8-9-13-19(16)17(2)14-22(25,20(23)24)15-21(3,4)18-11-6-5-7-12-18/h5-13,17,25H,14-15H2,1-4H3,(H,23,24). The van der Waals surface area contributed by atoms with E-state index >= 15 is 0 Å². The Balaban J connectivity index is 2.26. The smallest absolute Gasteiger partial charge is 0.335 e. The molecule has 2 aromatic carbocycles. The van der Waals surface area contributed by atoms with Crippen LogP contribution in [0.5, 0.6) is 0 Å². The molecule has 0 radical (unpaired) electrons. The number of rotatable bonds is 7. The van der Waals surface area contributed by atoms with Crippen LogP contribution in [-0.4, -0.2) is 21.8 Å². The Kier molecular flexibility index (Phi) is 5.69. The summed E-state index contributed by atoms with van der Waals surface area (Å²) in [5.74, 6) is -1.20. The van der Waals surface area contributed by atoms with E-state index in [2.05, 4.69) is 0 Å². The Morgan fingerprint density at radius 3 is 2.16 bits per heavy atom. The first kappa shape index (κ1) is 19.2. The van der Waals surface area contributed by atoms with Crippen molar-refractivity contribution < 1.29 is 15.0 Å². The quantitative estimate of drug-likeness (QED) is 0.770. The Hall–Kier alpha value is -2.13. The van der Waals surface area contributed by atoms with Crippen molar-refractivity contribution in [3.63, 3.8) is 0 Å². The SMILES string of the molecule is Cc1ccccc1C(C)CC(O)(CC(C)(C)c1ccccc1)C(=O)O. The molecule has 0 aliphatic heterocycles. The van der Waals surface area contributed by atoms with Gasteiger partial charge in [0.05, 0.1) is 0 Å². The predicted molar refractivity (Wildman–Crippen MR) is 101 cm³/mol. The summed E-state index contributed by atoms with van der Waals surface area (Å²) in [7, 11) is 0. The maximum atomic E-state index is 11.9. The van der Waals surface area contributed by atoms with Crippen LogP contribution in [0.15, 0.2) is 54.6 Å². The molecule has 2 unspecified atom stereocenters. The van der Waals surface area contributed by atoms with Gasteiger partial charge in [-0.1, -0.05) is 75.4 Å². The molecule has 3 heteroatoms. The lowest BCUT2D eigenvalue weighted by molar-refractivity contribution is -0.162. The fourth-order valence-electron chi connectivity index (χ4n) is 3.71. The molecule has 25 heavy (non-hydrogen) atoms. The van der Waals surface area contributed by atoms with Crippen molar-refractivity contribution in [2.24, 2.45) is 0 Å². The summed E-state index contributed by atoms with van der Waals surface area (Å²) < 4.78 is 0. The van der Waals surface area contributed by atoms with Crippen LogP contribution < -0.4 is 0 Å². The van der Waals surface area contributed by atoms with Gasteiger partial charge in [-0.15, -0.1) is 0 Å². The Morgan fingerprint density at radius 1 is 1.04 bits per heavy atom. The summed E-state index contributed by atoms with van der Waals surface area (Å²) in [4.78, 5) is 11.9. The van der Waals surface area contributed by atoms with Crippen LogP contribution in [-0.2, 0) is 10.2 Å². The molecule has 0 amide bonds. The van der Waals surface area contributed by atoms with Gasteiger partial charge in [-0.05, 0) is 47.8 Å². The minimum atomic E-state index is -1.78. The molecule has 0 fully saturated rings. The first-order valence-corrected chi connectivity index (χ1v) is 8.72. The molecule has 0 saturated carbocycles. The molecule has 2 atom stereocenters. The first-order valence-electron chi connectivity index (χ1n) is 8.72. The number of carboxylic acid groups (broad SMARTS) is 1. The van der Waals surface area contributed by atoms with E-state index in [9.17, 15) is 15.0 Å². The average molecular weight is 340 g/mol. The summed E-state index contributed by atoms with van der Waals surface area (Å²) in [5.41, 5.74) is 1.00. The van der Waals surface area contributed by atoms with E-state index in [1.165, 1.54) is 0 Å². The van der Waals surface area contributed by atoms with Crippen molar-refractivity contribution in [1.29, 1.82) is 0 Å². The zero-order valence-corrected chi connectivity index (χ0v) is 15.5. The molecule has 2 aromatic rings. The highest BCUT2D eigenvalue weighted by molar-refractivity contribution is 5.77. The molecular weight excluding hydrogens is 312 g/mol. The van der Waals surface area contributed by atoms with E-state index in [1.807, 2.05) is 82.3 Å². The fraction of sp³-hybridized carbons (Fsp3) is 0.409. The highest BCUT2D eigenvalue weighted by Gasteiger charge is 2.43. The number of hydrogen-bond donors (Lipinski definition) is 2. The van der Waals surface area contributed by atoms with E-state index in [1.54, 1.807) is 0 Å². The van der Waals surface area contributed by atoms with Crippen LogP contribution in [0.3, 0.4) is 0 Å². The summed E-state index contributed by atoms with van der Waals surface area (Å²) in [5, 5.41) is 20.8. The molecule has 0 aliphatic carbocycles. The minimum absolute atomic E-state index is 0.0473. The van der Waals surface area contributed by atoms with Crippen molar-refractivity contribution in [2.75, 3.05) is 0 Å².